The highest BCUT2D eigenvalue weighted by molar-refractivity contribution is 5.48. The molecule has 0 aliphatic carbocycles. The highest BCUT2D eigenvalue weighted by Gasteiger charge is 2.44. The lowest BCUT2D eigenvalue weighted by molar-refractivity contribution is -0.0705. The highest BCUT2D eigenvalue weighted by Crippen LogP contribution is 2.39. The summed E-state index contributed by atoms with van der Waals surface area (Å²) in [6, 6.07) is 4.26. The molecule has 0 aromatic heterocycles. The molecule has 17 heavy (non-hydrogen) atoms. The summed E-state index contributed by atoms with van der Waals surface area (Å²) < 4.78 is 10.7. The maximum absolute atomic E-state index is 6.14. The van der Waals surface area contributed by atoms with Gasteiger partial charge >= 0.3 is 0 Å². The second-order valence-electron chi connectivity index (χ2n) is 5.00. The van der Waals surface area contributed by atoms with E-state index in [1.807, 2.05) is 6.07 Å². The van der Waals surface area contributed by atoms with Gasteiger partial charge in [-0.1, -0.05) is 6.07 Å². The molecule has 1 fully saturated rings. The maximum Gasteiger partial charge on any atom is 0.122 e. The summed E-state index contributed by atoms with van der Waals surface area (Å²) in [5.74, 6) is 0.936. The van der Waals surface area contributed by atoms with Crippen molar-refractivity contribution in [1.29, 1.82) is 0 Å². The van der Waals surface area contributed by atoms with Crippen molar-refractivity contribution >= 4 is 0 Å². The first-order chi connectivity index (χ1) is 8.03. The van der Waals surface area contributed by atoms with Gasteiger partial charge in [0.1, 0.15) is 5.75 Å². The van der Waals surface area contributed by atoms with Crippen molar-refractivity contribution in [1.82, 2.24) is 0 Å². The van der Waals surface area contributed by atoms with Crippen molar-refractivity contribution in [3.05, 3.63) is 28.8 Å². The Balaban J connectivity index is 2.49. The van der Waals surface area contributed by atoms with Crippen LogP contribution in [0, 0.1) is 13.8 Å². The van der Waals surface area contributed by atoms with Gasteiger partial charge in [0.05, 0.1) is 25.7 Å². The third kappa shape index (κ3) is 1.74. The molecule has 2 N–H and O–H groups in total. The first-order valence-corrected chi connectivity index (χ1v) is 6.01. The van der Waals surface area contributed by atoms with Crippen LogP contribution in [0.4, 0.5) is 0 Å². The van der Waals surface area contributed by atoms with E-state index in [0.29, 0.717) is 0 Å². The Hall–Kier alpha value is -1.06. The van der Waals surface area contributed by atoms with Gasteiger partial charge in [0.25, 0.3) is 0 Å². The molecule has 1 aromatic carbocycles. The van der Waals surface area contributed by atoms with Crippen LogP contribution >= 0.6 is 0 Å². The lowest BCUT2D eigenvalue weighted by atomic mass is 9.71. The molecule has 0 radical (unpaired) electrons. The van der Waals surface area contributed by atoms with Crippen molar-refractivity contribution in [2.24, 2.45) is 5.73 Å². The smallest absolute Gasteiger partial charge is 0.122 e. The molecule has 0 bridgehead atoms. The molecule has 0 saturated carbocycles. The zero-order chi connectivity index (χ0) is 12.6. The van der Waals surface area contributed by atoms with Crippen molar-refractivity contribution in [2.45, 2.75) is 32.2 Å². The zero-order valence-electron chi connectivity index (χ0n) is 11.0. The summed E-state index contributed by atoms with van der Waals surface area (Å²) in [5.41, 5.74) is 9.89. The standard InChI is InChI=1S/C14H21NO2/c1-9-10(2)13(16-4)6-5-12(9)14(11(3)15)7-17-8-14/h5-6,11H,7-8,15H2,1-4H3. The van der Waals surface area contributed by atoms with Gasteiger partial charge in [0, 0.05) is 6.04 Å². The van der Waals surface area contributed by atoms with Crippen molar-refractivity contribution in [2.75, 3.05) is 20.3 Å². The zero-order valence-corrected chi connectivity index (χ0v) is 11.0. The van der Waals surface area contributed by atoms with Gasteiger partial charge in [-0.3, -0.25) is 0 Å². The van der Waals surface area contributed by atoms with E-state index in [-0.39, 0.29) is 11.5 Å². The van der Waals surface area contributed by atoms with Crippen molar-refractivity contribution in [3.63, 3.8) is 0 Å². The molecule has 1 unspecified atom stereocenters. The molecular formula is C14H21NO2. The first kappa shape index (κ1) is 12.4. The molecule has 0 amide bonds. The summed E-state index contributed by atoms with van der Waals surface area (Å²) in [4.78, 5) is 0. The predicted octanol–water partition coefficient (Wildman–Crippen LogP) is 1.93. The van der Waals surface area contributed by atoms with Gasteiger partial charge in [0.15, 0.2) is 0 Å². The minimum Gasteiger partial charge on any atom is -0.496 e. The van der Waals surface area contributed by atoms with Crippen LogP contribution in [0.3, 0.4) is 0 Å². The highest BCUT2D eigenvalue weighted by atomic mass is 16.5. The van der Waals surface area contributed by atoms with E-state index in [9.17, 15) is 0 Å². The van der Waals surface area contributed by atoms with E-state index >= 15 is 0 Å². The largest absolute Gasteiger partial charge is 0.496 e. The van der Waals surface area contributed by atoms with Crippen LogP contribution in [0.15, 0.2) is 12.1 Å². The normalized spacial score (nSPS) is 19.6. The molecule has 1 aliphatic heterocycles. The average Bonchev–Trinajstić information content (AvgIpc) is 2.22. The number of hydrogen-bond donors (Lipinski definition) is 1. The summed E-state index contributed by atoms with van der Waals surface area (Å²) >= 11 is 0. The predicted molar refractivity (Wildman–Crippen MR) is 68.6 cm³/mol. The molecule has 2 rings (SSSR count). The third-order valence-corrected chi connectivity index (χ3v) is 4.08. The fraction of sp³-hybridized carbons (Fsp3) is 0.571. The first-order valence-electron chi connectivity index (χ1n) is 6.01. The molecule has 3 nitrogen and oxygen atoms in total. The average molecular weight is 235 g/mol. The van der Waals surface area contributed by atoms with Gasteiger partial charge in [-0.05, 0) is 43.5 Å². The van der Waals surface area contributed by atoms with Crippen LogP contribution < -0.4 is 10.5 Å². The van der Waals surface area contributed by atoms with Crippen LogP contribution in [-0.4, -0.2) is 26.4 Å². The van der Waals surface area contributed by atoms with Gasteiger partial charge in [-0.2, -0.15) is 0 Å². The quantitative estimate of drug-likeness (QED) is 0.870. The van der Waals surface area contributed by atoms with E-state index in [2.05, 4.69) is 26.8 Å². The number of ether oxygens (including phenoxy) is 2. The second kappa shape index (κ2) is 4.31. The molecule has 94 valence electrons. The van der Waals surface area contributed by atoms with Crippen LogP contribution in [0.1, 0.15) is 23.6 Å². The van der Waals surface area contributed by atoms with Crippen molar-refractivity contribution in [3.8, 4) is 5.75 Å². The molecule has 1 atom stereocenters. The molecule has 1 aliphatic rings. The molecule has 1 heterocycles. The third-order valence-electron chi connectivity index (χ3n) is 4.08. The number of methoxy groups -OCH3 is 1. The fourth-order valence-corrected chi connectivity index (χ4v) is 2.54. The molecule has 0 spiro atoms. The Morgan fingerprint density at radius 1 is 1.29 bits per heavy atom. The summed E-state index contributed by atoms with van der Waals surface area (Å²) in [5, 5.41) is 0. The van der Waals surface area contributed by atoms with Crippen LogP contribution in [0.5, 0.6) is 5.75 Å². The van der Waals surface area contributed by atoms with Crippen LogP contribution in [-0.2, 0) is 10.2 Å². The lowest BCUT2D eigenvalue weighted by Gasteiger charge is -2.46. The van der Waals surface area contributed by atoms with Gasteiger partial charge in [-0.15, -0.1) is 0 Å². The Bertz CT molecular complexity index is 422. The number of nitrogens with two attached hydrogens (primary N) is 1. The Morgan fingerprint density at radius 2 is 1.94 bits per heavy atom. The molecular weight excluding hydrogens is 214 g/mol. The maximum atomic E-state index is 6.14. The lowest BCUT2D eigenvalue weighted by Crippen LogP contribution is -2.58. The summed E-state index contributed by atoms with van der Waals surface area (Å²) in [6.07, 6.45) is 0. The minimum atomic E-state index is -0.0128. The van der Waals surface area contributed by atoms with Gasteiger partial charge in [0.2, 0.25) is 0 Å². The van der Waals surface area contributed by atoms with E-state index < -0.39 is 0 Å². The van der Waals surface area contributed by atoms with Gasteiger partial charge in [-0.25, -0.2) is 0 Å². The fourth-order valence-electron chi connectivity index (χ4n) is 2.54. The number of hydrogen-bond acceptors (Lipinski definition) is 3. The van der Waals surface area contributed by atoms with E-state index in [0.717, 1.165) is 19.0 Å². The Labute approximate surface area is 103 Å². The Kier molecular flexibility index (Phi) is 3.15. The van der Waals surface area contributed by atoms with Gasteiger partial charge < -0.3 is 15.2 Å². The van der Waals surface area contributed by atoms with Crippen LogP contribution in [0.25, 0.3) is 0 Å². The minimum absolute atomic E-state index is 0.0128. The number of rotatable bonds is 3. The van der Waals surface area contributed by atoms with Crippen molar-refractivity contribution < 1.29 is 9.47 Å². The Morgan fingerprint density at radius 3 is 2.35 bits per heavy atom. The topological polar surface area (TPSA) is 44.5 Å². The van der Waals surface area contributed by atoms with E-state index in [1.54, 1.807) is 7.11 Å². The molecule has 1 saturated heterocycles. The van der Waals surface area contributed by atoms with E-state index in [1.165, 1.54) is 16.7 Å². The SMILES string of the molecule is COc1ccc(C2(C(C)N)COC2)c(C)c1C. The summed E-state index contributed by atoms with van der Waals surface area (Å²) in [6.45, 7) is 7.72. The monoisotopic (exact) mass is 235 g/mol. The van der Waals surface area contributed by atoms with E-state index in [4.69, 9.17) is 15.2 Å². The molecule has 3 heteroatoms. The molecule has 1 aromatic rings. The summed E-state index contributed by atoms with van der Waals surface area (Å²) in [7, 11) is 1.70. The number of benzene rings is 1. The second-order valence-corrected chi connectivity index (χ2v) is 5.00. The van der Waals surface area contributed by atoms with Crippen LogP contribution in [0.2, 0.25) is 0 Å².